The van der Waals surface area contributed by atoms with Gasteiger partial charge in [0.05, 0.1) is 6.61 Å². The molecule has 0 saturated heterocycles. The predicted molar refractivity (Wildman–Crippen MR) is 68.2 cm³/mol. The van der Waals surface area contributed by atoms with Crippen LogP contribution in [0.25, 0.3) is 0 Å². The number of carbonyl (C=O) groups is 2. The molecule has 0 aliphatic carbocycles. The molecule has 0 spiro atoms. The Labute approximate surface area is 121 Å². The fourth-order valence-corrected chi connectivity index (χ4v) is 1.46. The molecule has 9 nitrogen and oxygen atoms in total. The minimum absolute atomic E-state index is 0.0298. The van der Waals surface area contributed by atoms with Crippen molar-refractivity contribution in [2.75, 3.05) is 13.2 Å². The second-order valence-electron chi connectivity index (χ2n) is 4.58. The lowest BCUT2D eigenvalue weighted by atomic mass is 10.0. The molecule has 21 heavy (non-hydrogen) atoms. The normalized spacial score (nSPS) is 16.8. The van der Waals surface area contributed by atoms with Gasteiger partial charge in [0, 0.05) is 12.8 Å². The van der Waals surface area contributed by atoms with Gasteiger partial charge in [-0.25, -0.2) is 0 Å². The summed E-state index contributed by atoms with van der Waals surface area (Å²) in [5.74, 6) is -1.64. The molecule has 124 valence electrons. The summed E-state index contributed by atoms with van der Waals surface area (Å²) in [5, 5.41) is 54.3. The van der Waals surface area contributed by atoms with Gasteiger partial charge in [-0.05, 0) is 12.8 Å². The van der Waals surface area contributed by atoms with Crippen LogP contribution in [-0.2, 0) is 14.3 Å². The predicted octanol–water partition coefficient (Wildman–Crippen LogP) is -2.39. The van der Waals surface area contributed by atoms with Gasteiger partial charge in [0.15, 0.2) is 0 Å². The summed E-state index contributed by atoms with van der Waals surface area (Å²) in [4.78, 5) is 21.5. The molecule has 0 aromatic carbocycles. The highest BCUT2D eigenvalue weighted by Gasteiger charge is 2.30. The van der Waals surface area contributed by atoms with Gasteiger partial charge >= 0.3 is 11.9 Å². The number of hydrogen-bond acceptors (Lipinski definition) is 8. The second kappa shape index (κ2) is 10.5. The largest absolute Gasteiger partial charge is 0.481 e. The lowest BCUT2D eigenvalue weighted by molar-refractivity contribution is -0.156. The Morgan fingerprint density at radius 3 is 1.95 bits per heavy atom. The number of carboxylic acids is 1. The number of rotatable bonds is 11. The number of unbranched alkanes of at least 4 members (excludes halogenated alkanes) is 1. The maximum atomic E-state index is 11.3. The van der Waals surface area contributed by atoms with Gasteiger partial charge in [-0.3, -0.25) is 9.59 Å². The summed E-state index contributed by atoms with van der Waals surface area (Å²) in [5.41, 5.74) is 0. The molecule has 1 unspecified atom stereocenters. The molecule has 6 N–H and O–H groups in total. The number of aliphatic carboxylic acids is 1. The number of aliphatic hydroxyl groups is 5. The van der Waals surface area contributed by atoms with Crippen LogP contribution in [0.15, 0.2) is 0 Å². The molecule has 9 heteroatoms. The van der Waals surface area contributed by atoms with E-state index >= 15 is 0 Å². The number of hydrogen-bond donors (Lipinski definition) is 6. The van der Waals surface area contributed by atoms with Gasteiger partial charge in [-0.15, -0.1) is 0 Å². The number of carbonyl (C=O) groups excluding carboxylic acids is 1. The molecule has 0 aliphatic heterocycles. The highest BCUT2D eigenvalue weighted by atomic mass is 16.5. The molecule has 0 aromatic heterocycles. The molecular formula is C12H22O9. The SMILES string of the molecule is O=C(O)CCCCC(=O)OC[C@@H](O)[C@@H](O)[C@H](O)C(O)CO. The minimum atomic E-state index is -1.79. The fourth-order valence-electron chi connectivity index (χ4n) is 1.46. The smallest absolute Gasteiger partial charge is 0.305 e. The first kappa shape index (κ1) is 19.7. The molecule has 0 aromatic rings. The van der Waals surface area contributed by atoms with Crippen LogP contribution in [-0.4, -0.2) is 80.2 Å². The van der Waals surface area contributed by atoms with Crippen LogP contribution in [0.3, 0.4) is 0 Å². The molecule has 4 atom stereocenters. The Bertz CT molecular complexity index is 320. The Morgan fingerprint density at radius 1 is 0.905 bits per heavy atom. The van der Waals surface area contributed by atoms with E-state index in [-0.39, 0.29) is 12.8 Å². The summed E-state index contributed by atoms with van der Waals surface area (Å²) in [7, 11) is 0. The van der Waals surface area contributed by atoms with Crippen molar-refractivity contribution in [1.82, 2.24) is 0 Å². The average Bonchev–Trinajstić information content (AvgIpc) is 2.46. The number of ether oxygens (including phenoxy) is 1. The van der Waals surface area contributed by atoms with Crippen molar-refractivity contribution in [2.45, 2.75) is 50.1 Å². The van der Waals surface area contributed by atoms with Gasteiger partial charge in [-0.1, -0.05) is 0 Å². The number of carboxylic acid groups (broad SMARTS) is 1. The van der Waals surface area contributed by atoms with E-state index in [0.717, 1.165) is 0 Å². The van der Waals surface area contributed by atoms with Gasteiger partial charge in [-0.2, -0.15) is 0 Å². The molecule has 0 bridgehead atoms. The summed E-state index contributed by atoms with van der Waals surface area (Å²) in [6.07, 6.45) is -6.26. The first-order valence-electron chi connectivity index (χ1n) is 6.50. The lowest BCUT2D eigenvalue weighted by Gasteiger charge is -2.25. The third-order valence-electron chi connectivity index (χ3n) is 2.76. The van der Waals surface area contributed by atoms with Crippen LogP contribution >= 0.6 is 0 Å². The van der Waals surface area contributed by atoms with Gasteiger partial charge in [0.25, 0.3) is 0 Å². The van der Waals surface area contributed by atoms with Crippen LogP contribution < -0.4 is 0 Å². The van der Waals surface area contributed by atoms with E-state index in [1.54, 1.807) is 0 Å². The van der Waals surface area contributed by atoms with E-state index in [1.807, 2.05) is 0 Å². The molecular weight excluding hydrogens is 288 g/mol. The maximum absolute atomic E-state index is 11.3. The molecule has 0 radical (unpaired) electrons. The fraction of sp³-hybridized carbons (Fsp3) is 0.833. The van der Waals surface area contributed by atoms with Gasteiger partial charge < -0.3 is 35.4 Å². The third-order valence-corrected chi connectivity index (χ3v) is 2.76. The molecule has 0 amide bonds. The topological polar surface area (TPSA) is 165 Å². The van der Waals surface area contributed by atoms with Gasteiger partial charge in [0.2, 0.25) is 0 Å². The Morgan fingerprint density at radius 2 is 1.43 bits per heavy atom. The van der Waals surface area contributed by atoms with E-state index in [0.29, 0.717) is 12.8 Å². The molecule has 0 saturated carbocycles. The maximum Gasteiger partial charge on any atom is 0.305 e. The molecule has 0 rings (SSSR count). The van der Waals surface area contributed by atoms with E-state index < -0.39 is 49.6 Å². The van der Waals surface area contributed by atoms with Crippen molar-refractivity contribution >= 4 is 11.9 Å². The summed E-state index contributed by atoms with van der Waals surface area (Å²) in [6.45, 7) is -1.39. The van der Waals surface area contributed by atoms with Crippen LogP contribution in [0.1, 0.15) is 25.7 Å². The van der Waals surface area contributed by atoms with Crippen LogP contribution in [0.4, 0.5) is 0 Å². The zero-order chi connectivity index (χ0) is 16.4. The Kier molecular flexibility index (Phi) is 9.84. The summed E-state index contributed by atoms with van der Waals surface area (Å²) >= 11 is 0. The number of aliphatic hydroxyl groups excluding tert-OH is 5. The van der Waals surface area contributed by atoms with Crippen molar-refractivity contribution < 1.29 is 45.0 Å². The first-order chi connectivity index (χ1) is 9.79. The third kappa shape index (κ3) is 8.58. The Balaban J connectivity index is 3.93. The summed E-state index contributed by atoms with van der Waals surface area (Å²) < 4.78 is 4.64. The van der Waals surface area contributed by atoms with Crippen molar-refractivity contribution in [1.29, 1.82) is 0 Å². The van der Waals surface area contributed by atoms with Crippen LogP contribution in [0.5, 0.6) is 0 Å². The van der Waals surface area contributed by atoms with E-state index in [1.165, 1.54) is 0 Å². The molecule has 0 fully saturated rings. The first-order valence-corrected chi connectivity index (χ1v) is 6.50. The molecule has 0 heterocycles. The highest BCUT2D eigenvalue weighted by molar-refractivity contribution is 5.69. The monoisotopic (exact) mass is 310 g/mol. The minimum Gasteiger partial charge on any atom is -0.481 e. The van der Waals surface area contributed by atoms with Crippen molar-refractivity contribution in [3.05, 3.63) is 0 Å². The second-order valence-corrected chi connectivity index (χ2v) is 4.58. The van der Waals surface area contributed by atoms with Gasteiger partial charge in [0.1, 0.15) is 31.0 Å². The van der Waals surface area contributed by atoms with Crippen molar-refractivity contribution in [3.63, 3.8) is 0 Å². The lowest BCUT2D eigenvalue weighted by Crippen LogP contribution is -2.47. The number of esters is 1. The Hall–Kier alpha value is -1.26. The van der Waals surface area contributed by atoms with E-state index in [2.05, 4.69) is 4.74 Å². The highest BCUT2D eigenvalue weighted by Crippen LogP contribution is 2.07. The van der Waals surface area contributed by atoms with E-state index in [4.69, 9.17) is 15.3 Å². The van der Waals surface area contributed by atoms with Crippen LogP contribution in [0, 0.1) is 0 Å². The quantitative estimate of drug-likeness (QED) is 0.180. The standard InChI is InChI=1S/C12H22O9/c13-5-7(14)11(19)12(20)8(15)6-21-10(18)4-2-1-3-9(16)17/h7-8,11-15,19-20H,1-6H2,(H,16,17)/t7?,8-,11-,12-/m1/s1. The zero-order valence-electron chi connectivity index (χ0n) is 11.5. The van der Waals surface area contributed by atoms with Crippen molar-refractivity contribution in [2.24, 2.45) is 0 Å². The van der Waals surface area contributed by atoms with Crippen molar-refractivity contribution in [3.8, 4) is 0 Å². The molecule has 0 aliphatic rings. The summed E-state index contributed by atoms with van der Waals surface area (Å²) in [6, 6.07) is 0. The van der Waals surface area contributed by atoms with E-state index in [9.17, 15) is 24.9 Å². The van der Waals surface area contributed by atoms with Crippen LogP contribution in [0.2, 0.25) is 0 Å². The zero-order valence-corrected chi connectivity index (χ0v) is 11.5. The average molecular weight is 310 g/mol.